The van der Waals surface area contributed by atoms with E-state index in [1.165, 1.54) is 32.1 Å². The lowest BCUT2D eigenvalue weighted by Crippen LogP contribution is -2.58. The molecule has 0 aromatic carbocycles. The average molecular weight is 228 g/mol. The number of nitrogens with zero attached hydrogens (tertiary/aromatic N) is 1. The second-order valence-corrected chi connectivity index (χ2v) is 5.46. The highest BCUT2D eigenvalue weighted by Crippen LogP contribution is 2.30. The van der Waals surface area contributed by atoms with Crippen LogP contribution in [0.3, 0.4) is 0 Å². The van der Waals surface area contributed by atoms with Crippen molar-refractivity contribution in [2.75, 3.05) is 26.3 Å². The largest absolute Gasteiger partial charge is 0.311 e. The van der Waals surface area contributed by atoms with E-state index in [2.05, 4.69) is 17.1 Å². The van der Waals surface area contributed by atoms with Gasteiger partial charge in [0, 0.05) is 31.7 Å². The second-order valence-electron chi connectivity index (χ2n) is 5.46. The summed E-state index contributed by atoms with van der Waals surface area (Å²) >= 11 is 0. The van der Waals surface area contributed by atoms with Gasteiger partial charge in [-0.15, -0.1) is 0 Å². The fourth-order valence-corrected chi connectivity index (χ4v) is 3.35. The summed E-state index contributed by atoms with van der Waals surface area (Å²) in [5, 5.41) is 3.55. The molecule has 1 saturated carbocycles. The monoisotopic (exact) mass is 228 g/mol. The minimum Gasteiger partial charge on any atom is -0.311 e. The number of hydrogen-bond acceptors (Lipinski definition) is 2. The predicted octanol–water partition coefficient (Wildman–Crippen LogP) is 2.20. The highest BCUT2D eigenvalue weighted by Gasteiger charge is 2.32. The summed E-state index contributed by atoms with van der Waals surface area (Å²) in [4.78, 5) is 2.39. The molecule has 0 amide bonds. The van der Waals surface area contributed by atoms with E-state index in [-0.39, 0.29) is 6.67 Å². The Morgan fingerprint density at radius 1 is 1.25 bits per heavy atom. The smallest absolute Gasteiger partial charge is 0.102 e. The van der Waals surface area contributed by atoms with Crippen LogP contribution in [-0.4, -0.2) is 43.3 Å². The molecule has 1 saturated heterocycles. The van der Waals surface area contributed by atoms with E-state index in [4.69, 9.17) is 0 Å². The molecule has 0 bridgehead atoms. The molecule has 0 aromatic heterocycles. The van der Waals surface area contributed by atoms with Crippen LogP contribution < -0.4 is 5.32 Å². The van der Waals surface area contributed by atoms with Crippen molar-refractivity contribution in [1.82, 2.24) is 10.2 Å². The van der Waals surface area contributed by atoms with Crippen LogP contribution >= 0.6 is 0 Å². The summed E-state index contributed by atoms with van der Waals surface area (Å²) in [5.41, 5.74) is 0. The van der Waals surface area contributed by atoms with Crippen LogP contribution in [0.4, 0.5) is 4.39 Å². The van der Waals surface area contributed by atoms with Gasteiger partial charge in [0.05, 0.1) is 0 Å². The van der Waals surface area contributed by atoms with Crippen molar-refractivity contribution < 1.29 is 4.39 Å². The molecular formula is C13H25FN2. The van der Waals surface area contributed by atoms with Gasteiger partial charge >= 0.3 is 0 Å². The van der Waals surface area contributed by atoms with Crippen molar-refractivity contribution >= 4 is 0 Å². The zero-order valence-electron chi connectivity index (χ0n) is 10.4. The van der Waals surface area contributed by atoms with Crippen LogP contribution in [0.15, 0.2) is 0 Å². The second kappa shape index (κ2) is 5.97. The van der Waals surface area contributed by atoms with E-state index in [1.54, 1.807) is 0 Å². The average Bonchev–Trinajstić information content (AvgIpc) is 2.31. The zero-order valence-corrected chi connectivity index (χ0v) is 10.4. The van der Waals surface area contributed by atoms with Gasteiger partial charge in [0.15, 0.2) is 0 Å². The van der Waals surface area contributed by atoms with Crippen LogP contribution in [0.2, 0.25) is 0 Å². The van der Waals surface area contributed by atoms with E-state index in [0.29, 0.717) is 18.6 Å². The van der Waals surface area contributed by atoms with Gasteiger partial charge in [-0.2, -0.15) is 0 Å². The van der Waals surface area contributed by atoms with Crippen molar-refractivity contribution in [2.45, 2.75) is 51.1 Å². The number of alkyl halides is 1. The molecule has 94 valence electrons. The third-order valence-corrected chi connectivity index (χ3v) is 4.22. The standard InChI is InChI=1S/C13H25FN2/c1-11-10-16(8-7-14)13(9-15-11)12-5-3-2-4-6-12/h11-13,15H,2-10H2,1H3. The molecule has 1 heterocycles. The molecule has 3 heteroatoms. The maximum atomic E-state index is 12.6. The summed E-state index contributed by atoms with van der Waals surface area (Å²) < 4.78 is 12.6. The Morgan fingerprint density at radius 3 is 2.69 bits per heavy atom. The quantitative estimate of drug-likeness (QED) is 0.796. The highest BCUT2D eigenvalue weighted by atomic mass is 19.1. The van der Waals surface area contributed by atoms with Gasteiger partial charge in [-0.05, 0) is 25.7 Å². The summed E-state index contributed by atoms with van der Waals surface area (Å²) in [6, 6.07) is 1.11. The zero-order chi connectivity index (χ0) is 11.4. The van der Waals surface area contributed by atoms with Crippen molar-refractivity contribution in [2.24, 2.45) is 5.92 Å². The van der Waals surface area contributed by atoms with Crippen LogP contribution in [-0.2, 0) is 0 Å². The summed E-state index contributed by atoms with van der Waals surface area (Å²) in [6.45, 7) is 4.71. The van der Waals surface area contributed by atoms with Crippen molar-refractivity contribution in [3.63, 3.8) is 0 Å². The summed E-state index contributed by atoms with van der Waals surface area (Å²) in [7, 11) is 0. The summed E-state index contributed by atoms with van der Waals surface area (Å²) in [5.74, 6) is 0.806. The number of piperazine rings is 1. The van der Waals surface area contributed by atoms with Gasteiger partial charge in [0.25, 0.3) is 0 Å². The van der Waals surface area contributed by atoms with E-state index in [9.17, 15) is 4.39 Å². The van der Waals surface area contributed by atoms with E-state index in [0.717, 1.165) is 19.0 Å². The predicted molar refractivity (Wildman–Crippen MR) is 65.4 cm³/mol. The normalized spacial score (nSPS) is 34.1. The lowest BCUT2D eigenvalue weighted by Gasteiger charge is -2.44. The Labute approximate surface area is 98.6 Å². The highest BCUT2D eigenvalue weighted by molar-refractivity contribution is 4.89. The van der Waals surface area contributed by atoms with E-state index >= 15 is 0 Å². The number of rotatable bonds is 3. The first kappa shape index (κ1) is 12.3. The molecule has 2 aliphatic rings. The molecule has 2 nitrogen and oxygen atoms in total. The fraction of sp³-hybridized carbons (Fsp3) is 1.00. The molecule has 1 aliphatic heterocycles. The van der Waals surface area contributed by atoms with E-state index in [1.807, 2.05) is 0 Å². The van der Waals surface area contributed by atoms with E-state index < -0.39 is 0 Å². The minimum absolute atomic E-state index is 0.198. The molecule has 1 aliphatic carbocycles. The topological polar surface area (TPSA) is 15.3 Å². The van der Waals surface area contributed by atoms with Crippen molar-refractivity contribution in [1.29, 1.82) is 0 Å². The Bertz CT molecular complexity index is 204. The third kappa shape index (κ3) is 2.95. The molecule has 0 aromatic rings. The fourth-order valence-electron chi connectivity index (χ4n) is 3.35. The Kier molecular flexibility index (Phi) is 4.59. The third-order valence-electron chi connectivity index (χ3n) is 4.22. The summed E-state index contributed by atoms with van der Waals surface area (Å²) in [6.07, 6.45) is 6.85. The maximum absolute atomic E-state index is 12.6. The van der Waals surface area contributed by atoms with Crippen LogP contribution in [0.1, 0.15) is 39.0 Å². The Morgan fingerprint density at radius 2 is 2.00 bits per heavy atom. The lowest BCUT2D eigenvalue weighted by atomic mass is 9.82. The SMILES string of the molecule is CC1CN(CCF)C(C2CCCCC2)CN1. The van der Waals surface area contributed by atoms with Crippen LogP contribution in [0.25, 0.3) is 0 Å². The first-order chi connectivity index (χ1) is 7.81. The molecule has 2 fully saturated rings. The van der Waals surface area contributed by atoms with Gasteiger partial charge in [-0.1, -0.05) is 19.3 Å². The lowest BCUT2D eigenvalue weighted by molar-refractivity contribution is 0.0700. The minimum atomic E-state index is -0.198. The molecule has 0 radical (unpaired) electrons. The molecule has 2 unspecified atom stereocenters. The maximum Gasteiger partial charge on any atom is 0.102 e. The molecule has 16 heavy (non-hydrogen) atoms. The van der Waals surface area contributed by atoms with Gasteiger partial charge in [-0.25, -0.2) is 4.39 Å². The van der Waals surface area contributed by atoms with Crippen LogP contribution in [0, 0.1) is 5.92 Å². The number of halogens is 1. The Hall–Kier alpha value is -0.150. The van der Waals surface area contributed by atoms with Crippen molar-refractivity contribution in [3.05, 3.63) is 0 Å². The van der Waals surface area contributed by atoms with Gasteiger partial charge in [-0.3, -0.25) is 4.90 Å². The first-order valence-corrected chi connectivity index (χ1v) is 6.84. The number of hydrogen-bond donors (Lipinski definition) is 1. The first-order valence-electron chi connectivity index (χ1n) is 6.84. The Balaban J connectivity index is 1.93. The van der Waals surface area contributed by atoms with Gasteiger partial charge < -0.3 is 5.32 Å². The van der Waals surface area contributed by atoms with Gasteiger partial charge in [0.1, 0.15) is 6.67 Å². The van der Waals surface area contributed by atoms with Crippen molar-refractivity contribution in [3.8, 4) is 0 Å². The molecular weight excluding hydrogens is 203 g/mol. The van der Waals surface area contributed by atoms with Crippen LogP contribution in [0.5, 0.6) is 0 Å². The van der Waals surface area contributed by atoms with Gasteiger partial charge in [0.2, 0.25) is 0 Å². The number of nitrogens with one attached hydrogen (secondary N) is 1. The molecule has 2 rings (SSSR count). The molecule has 0 spiro atoms. The molecule has 1 N–H and O–H groups in total. The molecule has 2 atom stereocenters.